The summed E-state index contributed by atoms with van der Waals surface area (Å²) in [4.78, 5) is 0. The first kappa shape index (κ1) is 17.3. The average Bonchev–Trinajstić information content (AvgIpc) is 2.47. The Balaban J connectivity index is 2.11. The number of rotatable bonds is 4. The van der Waals surface area contributed by atoms with Crippen molar-refractivity contribution in [1.82, 2.24) is 0 Å². The standard InChI is InChI=1S/C18H25F3O/c1-13(2)15-7-9-17(22-3,10-8-15)12-14-5-4-6-16(11-14)18(19,20)21/h4-6,11,13,15H,7-10,12H2,1-3H3. The summed E-state index contributed by atoms with van der Waals surface area (Å²) < 4.78 is 44.3. The fourth-order valence-electron chi connectivity index (χ4n) is 3.52. The maximum absolute atomic E-state index is 12.8. The Labute approximate surface area is 130 Å². The molecule has 0 radical (unpaired) electrons. The second kappa shape index (κ2) is 6.61. The molecule has 0 spiro atoms. The van der Waals surface area contributed by atoms with Crippen molar-refractivity contribution in [2.45, 2.75) is 57.7 Å². The van der Waals surface area contributed by atoms with Crippen molar-refractivity contribution in [3.63, 3.8) is 0 Å². The van der Waals surface area contributed by atoms with Crippen LogP contribution in [0.25, 0.3) is 0 Å². The molecular formula is C18H25F3O. The van der Waals surface area contributed by atoms with Crippen molar-refractivity contribution in [3.8, 4) is 0 Å². The summed E-state index contributed by atoms with van der Waals surface area (Å²) in [6.07, 6.45) is 0.282. The number of alkyl halides is 3. The van der Waals surface area contributed by atoms with Crippen LogP contribution in [0.3, 0.4) is 0 Å². The van der Waals surface area contributed by atoms with Gasteiger partial charge in [-0.1, -0.05) is 32.0 Å². The van der Waals surface area contributed by atoms with E-state index >= 15 is 0 Å². The molecule has 1 saturated carbocycles. The third-order valence-electron chi connectivity index (χ3n) is 5.10. The first-order valence-corrected chi connectivity index (χ1v) is 7.97. The van der Waals surface area contributed by atoms with Crippen molar-refractivity contribution < 1.29 is 17.9 Å². The number of ether oxygens (including phenoxy) is 1. The maximum atomic E-state index is 12.8. The number of hydrogen-bond acceptors (Lipinski definition) is 1. The Kier molecular flexibility index (Phi) is 5.21. The molecule has 2 rings (SSSR count). The molecule has 1 aromatic rings. The smallest absolute Gasteiger partial charge is 0.378 e. The van der Waals surface area contributed by atoms with Gasteiger partial charge in [-0.3, -0.25) is 0 Å². The van der Waals surface area contributed by atoms with E-state index in [-0.39, 0.29) is 5.60 Å². The van der Waals surface area contributed by atoms with Gasteiger partial charge in [0.1, 0.15) is 0 Å². The van der Waals surface area contributed by atoms with Gasteiger partial charge in [0.25, 0.3) is 0 Å². The van der Waals surface area contributed by atoms with Crippen molar-refractivity contribution in [1.29, 1.82) is 0 Å². The molecule has 1 fully saturated rings. The Morgan fingerprint density at radius 3 is 2.36 bits per heavy atom. The first-order chi connectivity index (χ1) is 10.3. The monoisotopic (exact) mass is 314 g/mol. The Morgan fingerprint density at radius 1 is 1.23 bits per heavy atom. The van der Waals surface area contributed by atoms with Crippen LogP contribution in [0.5, 0.6) is 0 Å². The molecule has 0 aromatic heterocycles. The minimum absolute atomic E-state index is 0.310. The van der Waals surface area contributed by atoms with E-state index in [0.717, 1.165) is 31.7 Å². The quantitative estimate of drug-likeness (QED) is 0.715. The number of benzene rings is 1. The lowest BCUT2D eigenvalue weighted by Crippen LogP contribution is -2.39. The predicted octanol–water partition coefficient (Wildman–Crippen LogP) is 5.48. The van der Waals surface area contributed by atoms with E-state index in [1.165, 1.54) is 12.1 Å². The summed E-state index contributed by atoms with van der Waals surface area (Å²) >= 11 is 0. The van der Waals surface area contributed by atoms with Gasteiger partial charge in [-0.25, -0.2) is 0 Å². The molecule has 0 unspecified atom stereocenters. The zero-order chi connectivity index (χ0) is 16.4. The fraction of sp³-hybridized carbons (Fsp3) is 0.667. The Morgan fingerprint density at radius 2 is 1.86 bits per heavy atom. The summed E-state index contributed by atoms with van der Waals surface area (Å²) in [7, 11) is 1.68. The van der Waals surface area contributed by atoms with E-state index in [0.29, 0.717) is 23.8 Å². The highest BCUT2D eigenvalue weighted by Crippen LogP contribution is 2.40. The minimum atomic E-state index is -4.29. The van der Waals surface area contributed by atoms with Gasteiger partial charge in [-0.2, -0.15) is 13.2 Å². The molecule has 0 saturated heterocycles. The highest BCUT2D eigenvalue weighted by Gasteiger charge is 2.37. The topological polar surface area (TPSA) is 9.23 Å². The molecule has 124 valence electrons. The van der Waals surface area contributed by atoms with Gasteiger partial charge in [0.05, 0.1) is 11.2 Å². The molecule has 0 N–H and O–H groups in total. The molecule has 22 heavy (non-hydrogen) atoms. The van der Waals surface area contributed by atoms with Crippen LogP contribution in [0.1, 0.15) is 50.7 Å². The highest BCUT2D eigenvalue weighted by atomic mass is 19.4. The van der Waals surface area contributed by atoms with E-state index < -0.39 is 11.7 Å². The average molecular weight is 314 g/mol. The van der Waals surface area contributed by atoms with Crippen LogP contribution in [0.15, 0.2) is 24.3 Å². The lowest BCUT2D eigenvalue weighted by Gasteiger charge is -2.40. The molecule has 1 aliphatic rings. The summed E-state index contributed by atoms with van der Waals surface area (Å²) in [6.45, 7) is 4.47. The summed E-state index contributed by atoms with van der Waals surface area (Å²) in [5, 5.41) is 0. The SMILES string of the molecule is COC1(Cc2cccc(C(F)(F)F)c2)CCC(C(C)C)CC1. The third kappa shape index (κ3) is 4.03. The van der Waals surface area contributed by atoms with Crippen LogP contribution in [0.4, 0.5) is 13.2 Å². The van der Waals surface area contributed by atoms with Gasteiger partial charge >= 0.3 is 6.18 Å². The lowest BCUT2D eigenvalue weighted by atomic mass is 9.72. The van der Waals surface area contributed by atoms with Crippen molar-refractivity contribution in [2.75, 3.05) is 7.11 Å². The van der Waals surface area contributed by atoms with Gasteiger partial charge in [-0.15, -0.1) is 0 Å². The zero-order valence-electron chi connectivity index (χ0n) is 13.5. The van der Waals surface area contributed by atoms with Gasteiger partial charge < -0.3 is 4.74 Å². The van der Waals surface area contributed by atoms with Crippen LogP contribution in [-0.2, 0) is 17.3 Å². The summed E-state index contributed by atoms with van der Waals surface area (Å²) in [5.74, 6) is 1.35. The van der Waals surface area contributed by atoms with Crippen molar-refractivity contribution in [3.05, 3.63) is 35.4 Å². The second-order valence-corrected chi connectivity index (χ2v) is 6.84. The molecular weight excluding hydrogens is 289 g/mol. The molecule has 1 nitrogen and oxygen atoms in total. The van der Waals surface area contributed by atoms with Crippen LogP contribution in [0.2, 0.25) is 0 Å². The van der Waals surface area contributed by atoms with Crippen molar-refractivity contribution in [2.24, 2.45) is 11.8 Å². The van der Waals surface area contributed by atoms with E-state index in [1.807, 2.05) is 0 Å². The van der Waals surface area contributed by atoms with Crippen LogP contribution in [-0.4, -0.2) is 12.7 Å². The third-order valence-corrected chi connectivity index (χ3v) is 5.10. The molecule has 0 bridgehead atoms. The number of hydrogen-bond donors (Lipinski definition) is 0. The molecule has 1 aromatic carbocycles. The van der Waals surface area contributed by atoms with E-state index in [2.05, 4.69) is 13.8 Å². The summed E-state index contributed by atoms with van der Waals surface area (Å²) in [5.41, 5.74) is -0.179. The van der Waals surface area contributed by atoms with E-state index in [1.54, 1.807) is 13.2 Å². The van der Waals surface area contributed by atoms with E-state index in [9.17, 15) is 13.2 Å². The largest absolute Gasteiger partial charge is 0.416 e. The zero-order valence-corrected chi connectivity index (χ0v) is 13.5. The predicted molar refractivity (Wildman–Crippen MR) is 81.7 cm³/mol. The number of methoxy groups -OCH3 is 1. The van der Waals surface area contributed by atoms with Crippen molar-refractivity contribution >= 4 is 0 Å². The van der Waals surface area contributed by atoms with Crippen LogP contribution in [0, 0.1) is 11.8 Å². The fourth-order valence-corrected chi connectivity index (χ4v) is 3.52. The lowest BCUT2D eigenvalue weighted by molar-refractivity contribution is -0.137. The maximum Gasteiger partial charge on any atom is 0.416 e. The summed E-state index contributed by atoms with van der Waals surface area (Å²) in [6, 6.07) is 5.64. The molecule has 4 heteroatoms. The normalized spacial score (nSPS) is 26.4. The Bertz CT molecular complexity index is 485. The molecule has 0 amide bonds. The highest BCUT2D eigenvalue weighted by molar-refractivity contribution is 5.27. The van der Waals surface area contributed by atoms with Gasteiger partial charge in [-0.05, 0) is 49.1 Å². The second-order valence-electron chi connectivity index (χ2n) is 6.84. The molecule has 1 aliphatic carbocycles. The molecule has 0 aliphatic heterocycles. The molecule has 0 heterocycles. The van der Waals surface area contributed by atoms with Gasteiger partial charge in [0.2, 0.25) is 0 Å². The molecule has 0 atom stereocenters. The van der Waals surface area contributed by atoms with Gasteiger partial charge in [0, 0.05) is 13.5 Å². The van der Waals surface area contributed by atoms with Crippen LogP contribution < -0.4 is 0 Å². The van der Waals surface area contributed by atoms with Crippen LogP contribution >= 0.6 is 0 Å². The number of halogens is 3. The Hall–Kier alpha value is -1.03. The van der Waals surface area contributed by atoms with Gasteiger partial charge in [0.15, 0.2) is 0 Å². The first-order valence-electron chi connectivity index (χ1n) is 7.97. The van der Waals surface area contributed by atoms with E-state index in [4.69, 9.17) is 4.74 Å². The minimum Gasteiger partial charge on any atom is -0.378 e.